The van der Waals surface area contributed by atoms with E-state index in [1.807, 2.05) is 54.3 Å². The third-order valence-electron chi connectivity index (χ3n) is 3.87. The lowest BCUT2D eigenvalue weighted by Gasteiger charge is -2.03. The number of benzene rings is 1. The molecule has 3 rings (SSSR count). The number of aryl methyl sites for hydroxylation is 1. The summed E-state index contributed by atoms with van der Waals surface area (Å²) in [6.07, 6.45) is 3.75. The van der Waals surface area contributed by atoms with Gasteiger partial charge in [-0.2, -0.15) is 15.2 Å². The summed E-state index contributed by atoms with van der Waals surface area (Å²) < 4.78 is 3.74. The third kappa shape index (κ3) is 3.56. The molecule has 0 saturated carbocycles. The Balaban J connectivity index is 1.83. The lowest BCUT2D eigenvalue weighted by atomic mass is 10.2. The second kappa shape index (κ2) is 7.09. The highest BCUT2D eigenvalue weighted by Gasteiger charge is 2.11. The van der Waals surface area contributed by atoms with E-state index >= 15 is 0 Å². The fraction of sp³-hybridized carbons (Fsp3) is 0.176. The van der Waals surface area contributed by atoms with E-state index in [1.54, 1.807) is 4.68 Å². The van der Waals surface area contributed by atoms with E-state index in [0.29, 0.717) is 5.69 Å². The molecule has 0 amide bonds. The molecular weight excluding hydrogens is 330 g/mol. The molecule has 9 nitrogen and oxygen atoms in total. The molecule has 0 radical (unpaired) electrons. The minimum atomic E-state index is -0.131. The fourth-order valence-corrected chi connectivity index (χ4v) is 2.60. The van der Waals surface area contributed by atoms with Crippen molar-refractivity contribution in [3.63, 3.8) is 0 Å². The van der Waals surface area contributed by atoms with E-state index in [9.17, 15) is 0 Å². The molecule has 0 bridgehead atoms. The highest BCUT2D eigenvalue weighted by molar-refractivity contribution is 5.93. The number of aromatic nitrogens is 4. The number of hydrogen-bond donors (Lipinski definition) is 3. The summed E-state index contributed by atoms with van der Waals surface area (Å²) in [5, 5.41) is 9.00. The molecule has 0 aliphatic carbocycles. The Kier molecular flexibility index (Phi) is 4.70. The van der Waals surface area contributed by atoms with Crippen LogP contribution in [0.5, 0.6) is 0 Å². The van der Waals surface area contributed by atoms with Crippen LogP contribution in [-0.4, -0.2) is 31.5 Å². The van der Waals surface area contributed by atoms with Crippen molar-refractivity contribution in [2.24, 2.45) is 27.2 Å². The molecule has 0 aliphatic heterocycles. The van der Waals surface area contributed by atoms with Gasteiger partial charge < -0.3 is 17.2 Å². The van der Waals surface area contributed by atoms with E-state index in [2.05, 4.69) is 27.1 Å². The molecule has 1 aromatic carbocycles. The number of guanidine groups is 2. The molecule has 9 heteroatoms. The van der Waals surface area contributed by atoms with Crippen molar-refractivity contribution in [3.8, 4) is 16.9 Å². The third-order valence-corrected chi connectivity index (χ3v) is 3.87. The smallest absolute Gasteiger partial charge is 0.223 e. The van der Waals surface area contributed by atoms with Crippen LogP contribution in [-0.2, 0) is 6.54 Å². The average molecular weight is 351 g/mol. The molecule has 0 unspecified atom stereocenters. The Hall–Kier alpha value is -3.62. The van der Waals surface area contributed by atoms with E-state index < -0.39 is 0 Å². The summed E-state index contributed by atoms with van der Waals surface area (Å²) in [6, 6.07) is 9.37. The van der Waals surface area contributed by atoms with Crippen LogP contribution in [0.1, 0.15) is 12.6 Å². The van der Waals surface area contributed by atoms with E-state index in [4.69, 9.17) is 17.2 Å². The average Bonchev–Trinajstić information content (AvgIpc) is 3.21. The fourth-order valence-electron chi connectivity index (χ4n) is 2.60. The van der Waals surface area contributed by atoms with Gasteiger partial charge in [0.25, 0.3) is 0 Å². The van der Waals surface area contributed by atoms with E-state index in [-0.39, 0.29) is 11.9 Å². The van der Waals surface area contributed by atoms with Gasteiger partial charge in [0, 0.05) is 24.0 Å². The first-order chi connectivity index (χ1) is 12.5. The Morgan fingerprint density at radius 2 is 1.85 bits per heavy atom. The Bertz CT molecular complexity index is 957. The first kappa shape index (κ1) is 17.2. The van der Waals surface area contributed by atoms with Gasteiger partial charge in [-0.3, -0.25) is 4.68 Å². The monoisotopic (exact) mass is 351 g/mol. The van der Waals surface area contributed by atoms with Crippen molar-refractivity contribution < 1.29 is 0 Å². The van der Waals surface area contributed by atoms with Gasteiger partial charge in [0.2, 0.25) is 5.96 Å². The second-order valence-electron chi connectivity index (χ2n) is 5.63. The van der Waals surface area contributed by atoms with Crippen molar-refractivity contribution in [1.82, 2.24) is 19.6 Å². The molecule has 2 aromatic heterocycles. The number of aliphatic imine (C=N–C) groups is 2. The molecule has 6 N–H and O–H groups in total. The molecule has 0 saturated heterocycles. The van der Waals surface area contributed by atoms with Gasteiger partial charge >= 0.3 is 0 Å². The zero-order valence-electron chi connectivity index (χ0n) is 14.7. The maximum atomic E-state index is 5.63. The molecule has 2 heterocycles. The number of hydrogen-bond acceptors (Lipinski definition) is 3. The van der Waals surface area contributed by atoms with Gasteiger partial charge in [-0.05, 0) is 44.2 Å². The zero-order valence-corrected chi connectivity index (χ0v) is 14.7. The van der Waals surface area contributed by atoms with Crippen molar-refractivity contribution in [2.75, 3.05) is 0 Å². The number of rotatable bonds is 4. The molecule has 0 spiro atoms. The molecule has 26 heavy (non-hydrogen) atoms. The minimum absolute atomic E-state index is 0.00235. The summed E-state index contributed by atoms with van der Waals surface area (Å²) in [5.74, 6) is -0.129. The standard InChI is InChI=1S/C17H21N9/c1-3-25-11(2)14(10-21-25)15-8-9-26(24-15)13-6-4-12(5-7-13)22-17(20)23-16(18)19/h4-10H,3H2,1-2H3,(H6,18,19,20,22,23). The van der Waals surface area contributed by atoms with Crippen molar-refractivity contribution in [1.29, 1.82) is 0 Å². The van der Waals surface area contributed by atoms with Gasteiger partial charge in [0.1, 0.15) is 0 Å². The molecule has 134 valence electrons. The zero-order chi connectivity index (χ0) is 18.7. The van der Waals surface area contributed by atoms with Crippen molar-refractivity contribution >= 4 is 17.6 Å². The second-order valence-corrected chi connectivity index (χ2v) is 5.63. The van der Waals surface area contributed by atoms with Crippen LogP contribution in [0, 0.1) is 6.92 Å². The van der Waals surface area contributed by atoms with Crippen molar-refractivity contribution in [2.45, 2.75) is 20.4 Å². The Labute approximate surface area is 150 Å². The van der Waals surface area contributed by atoms with Gasteiger partial charge in [0.05, 0.1) is 23.3 Å². The van der Waals surface area contributed by atoms with Gasteiger partial charge in [-0.25, -0.2) is 9.67 Å². The van der Waals surface area contributed by atoms with Crippen LogP contribution in [0.25, 0.3) is 16.9 Å². The summed E-state index contributed by atoms with van der Waals surface area (Å²) in [7, 11) is 0. The van der Waals surface area contributed by atoms with Crippen LogP contribution in [0.2, 0.25) is 0 Å². The lowest BCUT2D eigenvalue weighted by Crippen LogP contribution is -2.26. The predicted molar refractivity (Wildman–Crippen MR) is 102 cm³/mol. The maximum Gasteiger partial charge on any atom is 0.223 e. The first-order valence-electron chi connectivity index (χ1n) is 8.10. The van der Waals surface area contributed by atoms with Gasteiger partial charge in [-0.1, -0.05) is 0 Å². The topological polar surface area (TPSA) is 138 Å². The Morgan fingerprint density at radius 1 is 1.12 bits per heavy atom. The Morgan fingerprint density at radius 3 is 2.46 bits per heavy atom. The minimum Gasteiger partial charge on any atom is -0.370 e. The largest absolute Gasteiger partial charge is 0.370 e. The summed E-state index contributed by atoms with van der Waals surface area (Å²) >= 11 is 0. The van der Waals surface area contributed by atoms with E-state index in [0.717, 1.165) is 29.2 Å². The van der Waals surface area contributed by atoms with Gasteiger partial charge in [-0.15, -0.1) is 0 Å². The molecule has 0 aliphatic rings. The SMILES string of the molecule is CCn1ncc(-c2ccn(-c3ccc(N=C(N)N=C(N)N)cc3)n2)c1C. The maximum absolute atomic E-state index is 5.63. The number of nitrogens with two attached hydrogens (primary N) is 3. The van der Waals surface area contributed by atoms with Crippen molar-refractivity contribution in [3.05, 3.63) is 48.4 Å². The predicted octanol–water partition coefficient (Wildman–Crippen LogP) is 1.28. The molecule has 0 fully saturated rings. The summed E-state index contributed by atoms with van der Waals surface area (Å²) in [6.45, 7) is 4.93. The van der Waals surface area contributed by atoms with E-state index in [1.165, 1.54) is 0 Å². The van der Waals surface area contributed by atoms with Crippen LogP contribution < -0.4 is 17.2 Å². The normalized spacial score (nSPS) is 11.5. The summed E-state index contributed by atoms with van der Waals surface area (Å²) in [5.41, 5.74) is 20.7. The summed E-state index contributed by atoms with van der Waals surface area (Å²) in [4.78, 5) is 7.80. The lowest BCUT2D eigenvalue weighted by molar-refractivity contribution is 0.640. The van der Waals surface area contributed by atoms with Crippen LogP contribution >= 0.6 is 0 Å². The highest BCUT2D eigenvalue weighted by Crippen LogP contribution is 2.23. The quantitative estimate of drug-likeness (QED) is 0.480. The molecular formula is C17H21N9. The van der Waals surface area contributed by atoms with Crippen LogP contribution in [0.3, 0.4) is 0 Å². The highest BCUT2D eigenvalue weighted by atomic mass is 15.3. The first-order valence-corrected chi connectivity index (χ1v) is 8.10. The van der Waals surface area contributed by atoms with Crippen LogP contribution in [0.4, 0.5) is 5.69 Å². The van der Waals surface area contributed by atoms with Gasteiger partial charge in [0.15, 0.2) is 5.96 Å². The molecule has 3 aromatic rings. The van der Waals surface area contributed by atoms with Crippen LogP contribution in [0.15, 0.2) is 52.7 Å². The molecule has 0 atom stereocenters. The number of nitrogens with zero attached hydrogens (tertiary/aromatic N) is 6.